The van der Waals surface area contributed by atoms with Crippen LogP contribution in [0, 0.1) is 0 Å². The van der Waals surface area contributed by atoms with Gasteiger partial charge in [-0.2, -0.15) is 0 Å². The van der Waals surface area contributed by atoms with E-state index in [1.165, 1.54) is 24.3 Å². The van der Waals surface area contributed by atoms with Crippen molar-refractivity contribution in [3.05, 3.63) is 65.7 Å². The van der Waals surface area contributed by atoms with Crippen molar-refractivity contribution >= 4 is 21.9 Å². The molecule has 0 saturated carbocycles. The molecule has 0 unspecified atom stereocenters. The minimum absolute atomic E-state index is 0.0416. The molecule has 0 radical (unpaired) electrons. The molecule has 8 heteroatoms. The van der Waals surface area contributed by atoms with Crippen LogP contribution in [0.1, 0.15) is 18.1 Å². The van der Waals surface area contributed by atoms with Gasteiger partial charge < -0.3 is 10.4 Å². The Morgan fingerprint density at radius 3 is 2.19 bits per heavy atom. The largest absolute Gasteiger partial charge is 0.480 e. The number of hydrogen-bond donors (Lipinski definition) is 3. The van der Waals surface area contributed by atoms with Crippen LogP contribution in [0.25, 0.3) is 0 Å². The number of carboxylic acid groups (broad SMARTS) is 1. The highest BCUT2D eigenvalue weighted by atomic mass is 32.2. The SMILES string of the molecule is CCNS(=O)(=O)c1ccc(CC(=O)N[C@@H](Cc2ccccc2)C(=O)O)cc1. The van der Waals surface area contributed by atoms with Crippen molar-refractivity contribution in [1.82, 2.24) is 10.0 Å². The van der Waals surface area contributed by atoms with E-state index in [0.717, 1.165) is 5.56 Å². The number of carboxylic acids is 1. The lowest BCUT2D eigenvalue weighted by Crippen LogP contribution is -2.43. The summed E-state index contributed by atoms with van der Waals surface area (Å²) in [5.41, 5.74) is 1.40. The van der Waals surface area contributed by atoms with Gasteiger partial charge in [-0.1, -0.05) is 49.4 Å². The highest BCUT2D eigenvalue weighted by Crippen LogP contribution is 2.11. The minimum Gasteiger partial charge on any atom is -0.480 e. The number of amides is 1. The monoisotopic (exact) mass is 390 g/mol. The quantitative estimate of drug-likeness (QED) is 0.598. The Kier molecular flexibility index (Phi) is 7.09. The molecule has 0 aliphatic heterocycles. The summed E-state index contributed by atoms with van der Waals surface area (Å²) in [4.78, 5) is 23.7. The predicted octanol–water partition coefficient (Wildman–Crippen LogP) is 1.34. The van der Waals surface area contributed by atoms with E-state index < -0.39 is 27.9 Å². The molecule has 27 heavy (non-hydrogen) atoms. The second-order valence-corrected chi connectivity index (χ2v) is 7.74. The van der Waals surface area contributed by atoms with Gasteiger partial charge in [-0.15, -0.1) is 0 Å². The zero-order chi connectivity index (χ0) is 19.9. The average Bonchev–Trinajstić information content (AvgIpc) is 2.62. The molecule has 0 aliphatic carbocycles. The van der Waals surface area contributed by atoms with Gasteiger partial charge in [0.15, 0.2) is 0 Å². The van der Waals surface area contributed by atoms with Crippen molar-refractivity contribution in [1.29, 1.82) is 0 Å². The van der Waals surface area contributed by atoms with Crippen molar-refractivity contribution in [2.75, 3.05) is 6.54 Å². The van der Waals surface area contributed by atoms with Gasteiger partial charge >= 0.3 is 5.97 Å². The van der Waals surface area contributed by atoms with Gasteiger partial charge in [0.05, 0.1) is 11.3 Å². The average molecular weight is 390 g/mol. The van der Waals surface area contributed by atoms with Crippen LogP contribution in [-0.4, -0.2) is 38.0 Å². The number of sulfonamides is 1. The van der Waals surface area contributed by atoms with Crippen LogP contribution in [0.4, 0.5) is 0 Å². The number of nitrogens with one attached hydrogen (secondary N) is 2. The van der Waals surface area contributed by atoms with Gasteiger partial charge in [0, 0.05) is 13.0 Å². The van der Waals surface area contributed by atoms with Crippen LogP contribution in [0.5, 0.6) is 0 Å². The first-order chi connectivity index (χ1) is 12.8. The number of benzene rings is 2. The second kappa shape index (κ2) is 9.29. The summed E-state index contributed by atoms with van der Waals surface area (Å²) in [5, 5.41) is 11.8. The van der Waals surface area contributed by atoms with E-state index in [0.29, 0.717) is 5.56 Å². The van der Waals surface area contributed by atoms with Gasteiger partial charge in [-0.05, 0) is 23.3 Å². The van der Waals surface area contributed by atoms with E-state index in [4.69, 9.17) is 0 Å². The molecule has 3 N–H and O–H groups in total. The second-order valence-electron chi connectivity index (χ2n) is 5.97. The summed E-state index contributed by atoms with van der Waals surface area (Å²) in [6.45, 7) is 1.97. The van der Waals surface area contributed by atoms with E-state index in [1.54, 1.807) is 31.2 Å². The molecule has 0 saturated heterocycles. The third kappa shape index (κ3) is 6.19. The zero-order valence-electron chi connectivity index (χ0n) is 14.9. The lowest BCUT2D eigenvalue weighted by Gasteiger charge is -2.15. The highest BCUT2D eigenvalue weighted by molar-refractivity contribution is 7.89. The van der Waals surface area contributed by atoms with Crippen LogP contribution in [0.2, 0.25) is 0 Å². The van der Waals surface area contributed by atoms with E-state index >= 15 is 0 Å². The third-order valence-electron chi connectivity index (χ3n) is 3.85. The lowest BCUT2D eigenvalue weighted by atomic mass is 10.1. The van der Waals surface area contributed by atoms with Crippen molar-refractivity contribution < 1.29 is 23.1 Å². The van der Waals surface area contributed by atoms with Gasteiger partial charge in [0.2, 0.25) is 15.9 Å². The maximum absolute atomic E-state index is 12.2. The summed E-state index contributed by atoms with van der Waals surface area (Å²) >= 11 is 0. The Morgan fingerprint density at radius 2 is 1.63 bits per heavy atom. The first kappa shape index (κ1) is 20.6. The number of aliphatic carboxylic acids is 1. The molecule has 1 atom stereocenters. The zero-order valence-corrected chi connectivity index (χ0v) is 15.7. The minimum atomic E-state index is -3.55. The molecular formula is C19H22N2O5S. The van der Waals surface area contributed by atoms with Crippen LogP contribution < -0.4 is 10.0 Å². The molecule has 7 nitrogen and oxygen atoms in total. The molecule has 2 rings (SSSR count). The van der Waals surface area contributed by atoms with Crippen molar-refractivity contribution in [3.63, 3.8) is 0 Å². The summed E-state index contributed by atoms with van der Waals surface area (Å²) in [6, 6.07) is 13.9. The fraction of sp³-hybridized carbons (Fsp3) is 0.263. The molecule has 2 aromatic rings. The van der Waals surface area contributed by atoms with Gasteiger partial charge in [-0.25, -0.2) is 17.9 Å². The molecule has 0 fully saturated rings. The standard InChI is InChI=1S/C19H22N2O5S/c1-2-20-27(25,26)16-10-8-15(9-11-16)13-18(22)21-17(19(23)24)12-14-6-4-3-5-7-14/h3-11,17,20H,2,12-13H2,1H3,(H,21,22)(H,23,24)/t17-/m0/s1. The number of carbonyl (C=O) groups excluding carboxylic acids is 1. The van der Waals surface area contributed by atoms with E-state index in [9.17, 15) is 23.1 Å². The molecule has 144 valence electrons. The smallest absolute Gasteiger partial charge is 0.326 e. The maximum atomic E-state index is 12.2. The fourth-order valence-electron chi connectivity index (χ4n) is 2.54. The number of carbonyl (C=O) groups is 2. The van der Waals surface area contributed by atoms with Gasteiger partial charge in [-0.3, -0.25) is 4.79 Å². The van der Waals surface area contributed by atoms with Gasteiger partial charge in [0.25, 0.3) is 0 Å². The molecule has 0 aromatic heterocycles. The van der Waals surface area contributed by atoms with Crippen LogP contribution >= 0.6 is 0 Å². The van der Waals surface area contributed by atoms with Crippen LogP contribution in [-0.2, 0) is 32.5 Å². The topological polar surface area (TPSA) is 113 Å². The first-order valence-electron chi connectivity index (χ1n) is 8.46. The highest BCUT2D eigenvalue weighted by Gasteiger charge is 2.20. The third-order valence-corrected chi connectivity index (χ3v) is 5.41. The summed E-state index contributed by atoms with van der Waals surface area (Å²) in [5.74, 6) is -1.56. The molecule has 0 spiro atoms. The van der Waals surface area contributed by atoms with Gasteiger partial charge in [0.1, 0.15) is 6.04 Å². The van der Waals surface area contributed by atoms with E-state index in [2.05, 4.69) is 10.0 Å². The Hall–Kier alpha value is -2.71. The molecule has 0 aliphatic rings. The summed E-state index contributed by atoms with van der Waals surface area (Å²) < 4.78 is 26.2. The Morgan fingerprint density at radius 1 is 1.00 bits per heavy atom. The Balaban J connectivity index is 2.00. The van der Waals surface area contributed by atoms with Crippen LogP contribution in [0.3, 0.4) is 0 Å². The summed E-state index contributed by atoms with van der Waals surface area (Å²) in [7, 11) is -3.55. The maximum Gasteiger partial charge on any atom is 0.326 e. The number of hydrogen-bond acceptors (Lipinski definition) is 4. The van der Waals surface area contributed by atoms with Crippen LogP contribution in [0.15, 0.2) is 59.5 Å². The Bertz CT molecular complexity index is 880. The van der Waals surface area contributed by atoms with Crippen molar-refractivity contribution in [2.24, 2.45) is 0 Å². The molecule has 1 amide bonds. The predicted molar refractivity (Wildman–Crippen MR) is 101 cm³/mol. The fourth-order valence-corrected chi connectivity index (χ4v) is 3.58. The molecular weight excluding hydrogens is 368 g/mol. The van der Waals surface area contributed by atoms with Crippen molar-refractivity contribution in [3.8, 4) is 0 Å². The molecule has 0 heterocycles. The Labute approximate surface area is 158 Å². The lowest BCUT2D eigenvalue weighted by molar-refractivity contribution is -0.141. The molecule has 0 bridgehead atoms. The summed E-state index contributed by atoms with van der Waals surface area (Å²) in [6.07, 6.45) is 0.141. The number of rotatable bonds is 9. The van der Waals surface area contributed by atoms with E-state index in [-0.39, 0.29) is 24.3 Å². The van der Waals surface area contributed by atoms with Crippen molar-refractivity contribution in [2.45, 2.75) is 30.7 Å². The first-order valence-corrected chi connectivity index (χ1v) is 9.95. The normalized spacial score (nSPS) is 12.3. The van der Waals surface area contributed by atoms with E-state index in [1.807, 2.05) is 6.07 Å². The molecule has 2 aromatic carbocycles.